The fourth-order valence-corrected chi connectivity index (χ4v) is 4.94. The molecule has 0 aliphatic heterocycles. The Bertz CT molecular complexity index is 246. The maximum absolute atomic E-state index is 2.55. The highest BCUT2D eigenvalue weighted by atomic mass is 32.2. The second kappa shape index (κ2) is 6.68. The van der Waals surface area contributed by atoms with Gasteiger partial charge in [-0.1, -0.05) is 47.5 Å². The number of hydrogen-bond donors (Lipinski definition) is 0. The van der Waals surface area contributed by atoms with Gasteiger partial charge in [0.2, 0.25) is 0 Å². The average molecular weight is 271 g/mol. The molecule has 108 valence electrons. The largest absolute Gasteiger partial charge is 0.154 e. The molecule has 0 saturated heterocycles. The summed E-state index contributed by atoms with van der Waals surface area (Å²) in [6.45, 7) is 14.6. The van der Waals surface area contributed by atoms with E-state index in [-0.39, 0.29) is 0 Å². The third kappa shape index (κ3) is 3.92. The van der Waals surface area contributed by atoms with E-state index < -0.39 is 0 Å². The van der Waals surface area contributed by atoms with Gasteiger partial charge in [-0.2, -0.15) is 11.8 Å². The summed E-state index contributed by atoms with van der Waals surface area (Å²) in [6.07, 6.45) is 8.33. The molecule has 0 N–H and O–H groups in total. The molecule has 1 aliphatic rings. The first kappa shape index (κ1) is 16.4. The molecule has 1 heteroatoms. The van der Waals surface area contributed by atoms with Crippen molar-refractivity contribution in [2.75, 3.05) is 5.75 Å². The quantitative estimate of drug-likeness (QED) is 0.484. The van der Waals surface area contributed by atoms with Crippen molar-refractivity contribution in [1.82, 2.24) is 0 Å². The van der Waals surface area contributed by atoms with Gasteiger partial charge in [0, 0.05) is 4.75 Å². The van der Waals surface area contributed by atoms with Crippen LogP contribution in [-0.2, 0) is 0 Å². The Balaban J connectivity index is 2.61. The minimum absolute atomic E-state index is 0.541. The minimum Gasteiger partial charge on any atom is -0.154 e. The van der Waals surface area contributed by atoms with Gasteiger partial charge < -0.3 is 0 Å². The minimum atomic E-state index is 0.541. The lowest BCUT2D eigenvalue weighted by Gasteiger charge is -2.39. The van der Waals surface area contributed by atoms with Crippen LogP contribution in [0.2, 0.25) is 0 Å². The van der Waals surface area contributed by atoms with E-state index in [2.05, 4.69) is 53.3 Å². The van der Waals surface area contributed by atoms with Gasteiger partial charge in [-0.25, -0.2) is 0 Å². The maximum Gasteiger partial charge on any atom is 0.0185 e. The molecule has 1 saturated carbocycles. The summed E-state index contributed by atoms with van der Waals surface area (Å²) in [5.74, 6) is 3.22. The zero-order chi connectivity index (χ0) is 13.8. The monoisotopic (exact) mass is 270 g/mol. The summed E-state index contributed by atoms with van der Waals surface area (Å²) >= 11 is 2.30. The van der Waals surface area contributed by atoms with E-state index in [0.29, 0.717) is 10.2 Å². The van der Waals surface area contributed by atoms with Crippen LogP contribution in [-0.4, -0.2) is 10.5 Å². The highest BCUT2D eigenvalue weighted by Crippen LogP contribution is 2.53. The van der Waals surface area contributed by atoms with Crippen LogP contribution < -0.4 is 0 Å². The van der Waals surface area contributed by atoms with Gasteiger partial charge in [-0.15, -0.1) is 0 Å². The molecule has 1 fully saturated rings. The lowest BCUT2D eigenvalue weighted by Crippen LogP contribution is -2.34. The standard InChI is InChI=1S/C17H34S/c1-7-12-16(5,9-3)13-18-17(6,14(4)8-2)15-10-11-15/h14-15H,7-13H2,1-6H3. The highest BCUT2D eigenvalue weighted by Gasteiger charge is 2.45. The molecule has 0 bridgehead atoms. The molecule has 0 heterocycles. The number of hydrogen-bond acceptors (Lipinski definition) is 1. The van der Waals surface area contributed by atoms with Crippen LogP contribution in [0.1, 0.15) is 80.1 Å². The second-order valence-electron chi connectivity index (χ2n) is 6.97. The first-order valence-corrected chi connectivity index (χ1v) is 9.04. The van der Waals surface area contributed by atoms with Gasteiger partial charge >= 0.3 is 0 Å². The van der Waals surface area contributed by atoms with E-state index in [1.54, 1.807) is 0 Å². The van der Waals surface area contributed by atoms with E-state index in [9.17, 15) is 0 Å². The van der Waals surface area contributed by atoms with Gasteiger partial charge in [0.1, 0.15) is 0 Å². The van der Waals surface area contributed by atoms with Gasteiger partial charge in [-0.3, -0.25) is 0 Å². The van der Waals surface area contributed by atoms with Crippen molar-refractivity contribution in [2.24, 2.45) is 17.3 Å². The van der Waals surface area contributed by atoms with Crippen molar-refractivity contribution in [3.63, 3.8) is 0 Å². The Kier molecular flexibility index (Phi) is 6.09. The van der Waals surface area contributed by atoms with Gasteiger partial charge in [-0.05, 0) is 55.6 Å². The maximum atomic E-state index is 2.55. The third-order valence-corrected chi connectivity index (χ3v) is 7.62. The van der Waals surface area contributed by atoms with Crippen molar-refractivity contribution in [3.8, 4) is 0 Å². The van der Waals surface area contributed by atoms with Gasteiger partial charge in [0.25, 0.3) is 0 Å². The zero-order valence-corrected chi connectivity index (χ0v) is 14.3. The third-order valence-electron chi connectivity index (χ3n) is 5.42. The SMILES string of the molecule is CCCC(C)(CC)CSC(C)(C(C)CC)C1CC1. The van der Waals surface area contributed by atoms with Crippen LogP contribution in [0, 0.1) is 17.3 Å². The number of rotatable bonds is 9. The highest BCUT2D eigenvalue weighted by molar-refractivity contribution is 8.00. The summed E-state index contributed by atoms with van der Waals surface area (Å²) in [6, 6.07) is 0. The van der Waals surface area contributed by atoms with Crippen molar-refractivity contribution < 1.29 is 0 Å². The molecular formula is C17H34S. The molecule has 1 aliphatic carbocycles. The van der Waals surface area contributed by atoms with Crippen LogP contribution in [0.25, 0.3) is 0 Å². The fraction of sp³-hybridized carbons (Fsp3) is 1.00. The van der Waals surface area contributed by atoms with E-state index in [0.717, 1.165) is 11.8 Å². The summed E-state index contributed by atoms with van der Waals surface area (Å²) in [4.78, 5) is 0. The topological polar surface area (TPSA) is 0 Å². The van der Waals surface area contributed by atoms with Crippen molar-refractivity contribution in [1.29, 1.82) is 0 Å². The van der Waals surface area contributed by atoms with Crippen LogP contribution in [0.4, 0.5) is 0 Å². The normalized spacial score (nSPS) is 24.3. The van der Waals surface area contributed by atoms with E-state index in [1.807, 2.05) is 0 Å². The molecule has 0 radical (unpaired) electrons. The van der Waals surface area contributed by atoms with Gasteiger partial charge in [0.15, 0.2) is 0 Å². The summed E-state index contributed by atoms with van der Waals surface area (Å²) in [5, 5.41) is 0. The molecule has 3 unspecified atom stereocenters. The van der Waals surface area contributed by atoms with Crippen LogP contribution in [0.3, 0.4) is 0 Å². The number of thioether (sulfide) groups is 1. The molecule has 0 spiro atoms. The lowest BCUT2D eigenvalue weighted by atomic mass is 9.85. The predicted molar refractivity (Wildman–Crippen MR) is 86.3 cm³/mol. The summed E-state index contributed by atoms with van der Waals surface area (Å²) in [7, 11) is 0. The Morgan fingerprint density at radius 3 is 2.17 bits per heavy atom. The molecule has 0 aromatic carbocycles. The Hall–Kier alpha value is 0.350. The van der Waals surface area contributed by atoms with Crippen molar-refractivity contribution >= 4 is 11.8 Å². The van der Waals surface area contributed by atoms with Crippen molar-refractivity contribution in [3.05, 3.63) is 0 Å². The van der Waals surface area contributed by atoms with Crippen LogP contribution in [0.15, 0.2) is 0 Å². The van der Waals surface area contributed by atoms with Crippen LogP contribution in [0.5, 0.6) is 0 Å². The molecule has 18 heavy (non-hydrogen) atoms. The van der Waals surface area contributed by atoms with E-state index in [1.165, 1.54) is 44.3 Å². The molecular weight excluding hydrogens is 236 g/mol. The first-order chi connectivity index (χ1) is 8.41. The van der Waals surface area contributed by atoms with Crippen LogP contribution >= 0.6 is 11.8 Å². The Morgan fingerprint density at radius 1 is 1.17 bits per heavy atom. The second-order valence-corrected chi connectivity index (χ2v) is 8.43. The van der Waals surface area contributed by atoms with E-state index >= 15 is 0 Å². The molecule has 0 aromatic rings. The van der Waals surface area contributed by atoms with Gasteiger partial charge in [0.05, 0.1) is 0 Å². The molecule has 3 atom stereocenters. The molecule has 1 rings (SSSR count). The average Bonchev–Trinajstić information content (AvgIpc) is 3.20. The molecule has 0 nitrogen and oxygen atoms in total. The van der Waals surface area contributed by atoms with Crippen molar-refractivity contribution in [2.45, 2.75) is 84.8 Å². The predicted octanol–water partition coefficient (Wildman–Crippen LogP) is 6.15. The summed E-state index contributed by atoms with van der Waals surface area (Å²) < 4.78 is 0.541. The first-order valence-electron chi connectivity index (χ1n) is 8.05. The van der Waals surface area contributed by atoms with E-state index in [4.69, 9.17) is 0 Å². The molecule has 0 amide bonds. The zero-order valence-electron chi connectivity index (χ0n) is 13.5. The Labute approximate surface area is 120 Å². The molecule has 0 aromatic heterocycles. The smallest absolute Gasteiger partial charge is 0.0185 e. The lowest BCUT2D eigenvalue weighted by molar-refractivity contribution is 0.321. The fourth-order valence-electron chi connectivity index (χ4n) is 3.01. The Morgan fingerprint density at radius 2 is 1.78 bits per heavy atom. The summed E-state index contributed by atoms with van der Waals surface area (Å²) in [5.41, 5.74) is 0.559.